The predicted octanol–water partition coefficient (Wildman–Crippen LogP) is 4.67. The summed E-state index contributed by atoms with van der Waals surface area (Å²) in [6.07, 6.45) is 10.8. The minimum absolute atomic E-state index is 0.186. The molecule has 3 saturated carbocycles. The van der Waals surface area contributed by atoms with Crippen LogP contribution in [0.3, 0.4) is 0 Å². The Bertz CT molecular complexity index is 609. The van der Waals surface area contributed by atoms with Gasteiger partial charge in [-0.2, -0.15) is 0 Å². The van der Waals surface area contributed by atoms with Crippen LogP contribution in [0.15, 0.2) is 11.6 Å². The lowest BCUT2D eigenvalue weighted by molar-refractivity contribution is -0.143. The number of aliphatic hydroxyl groups excluding tert-OH is 1. The summed E-state index contributed by atoms with van der Waals surface area (Å²) in [7, 11) is 0. The highest BCUT2D eigenvalue weighted by Gasteiger charge is 2.60. The van der Waals surface area contributed by atoms with E-state index >= 15 is 0 Å². The van der Waals surface area contributed by atoms with Crippen LogP contribution < -0.4 is 0 Å². The van der Waals surface area contributed by atoms with Gasteiger partial charge in [-0.3, -0.25) is 4.79 Å². The van der Waals surface area contributed by atoms with Crippen molar-refractivity contribution in [2.75, 3.05) is 11.5 Å². The van der Waals surface area contributed by atoms with Gasteiger partial charge in [-0.25, -0.2) is 0 Å². The first-order chi connectivity index (χ1) is 12.1. The Balaban J connectivity index is 1.47. The van der Waals surface area contributed by atoms with Crippen molar-refractivity contribution in [1.29, 1.82) is 0 Å². The van der Waals surface area contributed by atoms with E-state index in [1.165, 1.54) is 37.2 Å². The molecule has 6 atom stereocenters. The molecule has 5 aliphatic rings. The summed E-state index contributed by atoms with van der Waals surface area (Å²) in [5.41, 5.74) is 1.47. The van der Waals surface area contributed by atoms with Gasteiger partial charge in [-0.15, -0.1) is 23.5 Å². The Morgan fingerprint density at radius 3 is 2.76 bits per heavy atom. The Kier molecular flexibility index (Phi) is 4.15. The van der Waals surface area contributed by atoms with E-state index in [0.29, 0.717) is 33.5 Å². The Hall–Kier alpha value is 0.0700. The highest BCUT2D eigenvalue weighted by molar-refractivity contribution is 8.21. The van der Waals surface area contributed by atoms with Crippen LogP contribution in [-0.4, -0.2) is 32.6 Å². The molecule has 1 N–H and O–H groups in total. The normalized spacial score (nSPS) is 48.0. The maximum absolute atomic E-state index is 12.7. The second kappa shape index (κ2) is 6.04. The molecule has 25 heavy (non-hydrogen) atoms. The zero-order chi connectivity index (χ0) is 17.2. The summed E-state index contributed by atoms with van der Waals surface area (Å²) in [6, 6.07) is 0. The van der Waals surface area contributed by atoms with Crippen LogP contribution in [0.1, 0.15) is 58.3 Å². The van der Waals surface area contributed by atoms with Crippen molar-refractivity contribution < 1.29 is 9.90 Å². The quantitative estimate of drug-likeness (QED) is 0.673. The number of rotatable bonds is 1. The Morgan fingerprint density at radius 1 is 1.20 bits per heavy atom. The number of Topliss-reactive ketones (excluding diaryl/α,β-unsaturated/α-hetero) is 1. The second-order valence-electron chi connectivity index (χ2n) is 9.00. The summed E-state index contributed by atoms with van der Waals surface area (Å²) in [5.74, 6) is 5.17. The molecule has 1 spiro atoms. The van der Waals surface area contributed by atoms with E-state index in [1.807, 2.05) is 0 Å². The third-order valence-corrected chi connectivity index (χ3v) is 11.7. The number of aliphatic hydroxyl groups is 1. The lowest BCUT2D eigenvalue weighted by atomic mass is 9.50. The van der Waals surface area contributed by atoms with Gasteiger partial charge >= 0.3 is 0 Å². The average molecular weight is 379 g/mol. The van der Waals surface area contributed by atoms with E-state index in [1.54, 1.807) is 5.57 Å². The molecule has 4 fully saturated rings. The smallest absolute Gasteiger partial charge is 0.139 e. The fourth-order valence-electron chi connectivity index (χ4n) is 7.27. The van der Waals surface area contributed by atoms with Crippen LogP contribution in [0.4, 0.5) is 0 Å². The Labute approximate surface area is 160 Å². The SMILES string of the molecule is CC[C@]12CC(O)C3C4CCC5(C=C4CCC3C1CCC2=O)SCCS5. The number of thioether (sulfide) groups is 2. The van der Waals surface area contributed by atoms with Gasteiger partial charge in [-0.1, -0.05) is 18.6 Å². The van der Waals surface area contributed by atoms with Crippen molar-refractivity contribution in [3.8, 4) is 0 Å². The molecule has 0 amide bonds. The van der Waals surface area contributed by atoms with Crippen LogP contribution in [0.5, 0.6) is 0 Å². The summed E-state index contributed by atoms with van der Waals surface area (Å²) in [6.45, 7) is 2.18. The van der Waals surface area contributed by atoms with Crippen molar-refractivity contribution >= 4 is 29.3 Å². The van der Waals surface area contributed by atoms with Crippen molar-refractivity contribution in [3.05, 3.63) is 11.6 Å². The van der Waals surface area contributed by atoms with Gasteiger partial charge in [0.2, 0.25) is 0 Å². The molecule has 0 aromatic heterocycles. The predicted molar refractivity (Wildman–Crippen MR) is 106 cm³/mol. The van der Waals surface area contributed by atoms with Gasteiger partial charge in [0.05, 0.1) is 10.2 Å². The topological polar surface area (TPSA) is 37.3 Å². The number of ketones is 1. The third-order valence-electron chi connectivity index (χ3n) is 8.30. The van der Waals surface area contributed by atoms with E-state index in [0.717, 1.165) is 25.7 Å². The molecule has 0 aromatic carbocycles. The maximum atomic E-state index is 12.7. The molecule has 4 aliphatic carbocycles. The highest BCUT2D eigenvalue weighted by Crippen LogP contribution is 2.63. The number of hydrogen-bond acceptors (Lipinski definition) is 4. The first-order valence-electron chi connectivity index (χ1n) is 10.3. The van der Waals surface area contributed by atoms with Gasteiger partial charge in [0, 0.05) is 23.3 Å². The average Bonchev–Trinajstić information content (AvgIpc) is 3.20. The molecule has 0 radical (unpaired) electrons. The minimum atomic E-state index is -0.269. The minimum Gasteiger partial charge on any atom is -0.393 e. The van der Waals surface area contributed by atoms with Crippen molar-refractivity contribution in [2.24, 2.45) is 29.1 Å². The van der Waals surface area contributed by atoms with E-state index in [-0.39, 0.29) is 11.5 Å². The lowest BCUT2D eigenvalue weighted by Gasteiger charge is -2.55. The zero-order valence-electron chi connectivity index (χ0n) is 15.2. The lowest BCUT2D eigenvalue weighted by Crippen LogP contribution is -2.54. The Morgan fingerprint density at radius 2 is 2.00 bits per heavy atom. The summed E-state index contributed by atoms with van der Waals surface area (Å²) >= 11 is 4.30. The highest BCUT2D eigenvalue weighted by atomic mass is 32.2. The summed E-state index contributed by atoms with van der Waals surface area (Å²) < 4.78 is 0.356. The van der Waals surface area contributed by atoms with Crippen LogP contribution in [0.25, 0.3) is 0 Å². The van der Waals surface area contributed by atoms with Gasteiger partial charge in [0.25, 0.3) is 0 Å². The van der Waals surface area contributed by atoms with Crippen LogP contribution in [0, 0.1) is 29.1 Å². The van der Waals surface area contributed by atoms with E-state index in [4.69, 9.17) is 0 Å². The van der Waals surface area contributed by atoms with Gasteiger partial charge in [-0.05, 0) is 68.6 Å². The molecular weight excluding hydrogens is 348 g/mol. The number of allylic oxidation sites excluding steroid dienone is 1. The van der Waals surface area contributed by atoms with Gasteiger partial charge in [0.15, 0.2) is 0 Å². The maximum Gasteiger partial charge on any atom is 0.139 e. The first kappa shape index (κ1) is 17.2. The molecule has 1 aliphatic heterocycles. The fraction of sp³-hybridized carbons (Fsp3) is 0.857. The zero-order valence-corrected chi connectivity index (χ0v) is 16.8. The molecule has 138 valence electrons. The third kappa shape index (κ3) is 2.39. The molecule has 1 saturated heterocycles. The fourth-order valence-corrected chi connectivity index (χ4v) is 10.5. The van der Waals surface area contributed by atoms with Gasteiger partial charge in [0.1, 0.15) is 5.78 Å². The van der Waals surface area contributed by atoms with E-state index < -0.39 is 0 Å². The van der Waals surface area contributed by atoms with Gasteiger partial charge < -0.3 is 5.11 Å². The van der Waals surface area contributed by atoms with E-state index in [9.17, 15) is 9.90 Å². The molecular formula is C21H30O2S2. The summed E-state index contributed by atoms with van der Waals surface area (Å²) in [4.78, 5) is 12.7. The summed E-state index contributed by atoms with van der Waals surface area (Å²) in [5, 5.41) is 11.2. The number of carbonyl (C=O) groups excluding carboxylic acids is 1. The van der Waals surface area contributed by atoms with Crippen molar-refractivity contribution in [3.63, 3.8) is 0 Å². The van der Waals surface area contributed by atoms with Crippen LogP contribution >= 0.6 is 23.5 Å². The molecule has 4 heteroatoms. The number of fused-ring (bicyclic) bond motifs is 5. The van der Waals surface area contributed by atoms with E-state index in [2.05, 4.69) is 36.5 Å². The number of hydrogen-bond donors (Lipinski definition) is 1. The van der Waals surface area contributed by atoms with Crippen LogP contribution in [0.2, 0.25) is 0 Å². The largest absolute Gasteiger partial charge is 0.393 e. The van der Waals surface area contributed by atoms with Crippen LogP contribution in [-0.2, 0) is 4.79 Å². The standard InChI is InChI=1S/C21H30O2S2/c1-2-20-12-17(22)19-14-7-8-21(24-9-10-25-21)11-13(14)3-4-15(19)16(20)5-6-18(20)23/h11,14-17,19,22H,2-10,12H2,1H3/t14?,15?,16?,17?,19?,20-/m0/s1. The second-order valence-corrected chi connectivity index (χ2v) is 12.1. The molecule has 2 nitrogen and oxygen atoms in total. The van der Waals surface area contributed by atoms with Crippen molar-refractivity contribution in [2.45, 2.75) is 68.5 Å². The first-order valence-corrected chi connectivity index (χ1v) is 12.3. The molecule has 0 aromatic rings. The molecule has 0 bridgehead atoms. The molecule has 5 unspecified atom stereocenters. The monoisotopic (exact) mass is 378 g/mol. The molecule has 1 heterocycles. The number of carbonyl (C=O) groups is 1. The van der Waals surface area contributed by atoms with Crippen molar-refractivity contribution in [1.82, 2.24) is 0 Å². The molecule has 5 rings (SSSR count).